The second-order valence-corrected chi connectivity index (χ2v) is 5.78. The zero-order chi connectivity index (χ0) is 14.9. The van der Waals surface area contributed by atoms with Gasteiger partial charge in [-0.05, 0) is 36.1 Å². The van der Waals surface area contributed by atoms with E-state index < -0.39 is 0 Å². The van der Waals surface area contributed by atoms with Crippen molar-refractivity contribution in [2.75, 3.05) is 11.4 Å². The third-order valence-electron chi connectivity index (χ3n) is 4.47. The minimum atomic E-state index is 0.218. The topological polar surface area (TPSA) is 36.1 Å². The molecule has 3 aromatic rings. The van der Waals surface area contributed by atoms with Crippen LogP contribution in [0.4, 0.5) is 5.69 Å². The molecular weight excluding hydrogens is 272 g/mol. The molecular formula is C19H18N2O. The molecule has 1 aromatic heterocycles. The minimum absolute atomic E-state index is 0.218. The molecule has 1 aliphatic rings. The van der Waals surface area contributed by atoms with Gasteiger partial charge in [-0.1, -0.05) is 36.4 Å². The molecule has 0 spiro atoms. The number of aromatic nitrogens is 1. The fraction of sp³-hybridized carbons (Fsp3) is 0.211. The highest BCUT2D eigenvalue weighted by Gasteiger charge is 2.23. The Balaban J connectivity index is 1.49. The van der Waals surface area contributed by atoms with Crippen molar-refractivity contribution in [2.24, 2.45) is 0 Å². The van der Waals surface area contributed by atoms with Crippen molar-refractivity contribution in [1.29, 1.82) is 0 Å². The molecule has 0 saturated heterocycles. The quantitative estimate of drug-likeness (QED) is 0.784. The molecule has 3 heteroatoms. The Hall–Kier alpha value is -2.55. The zero-order valence-electron chi connectivity index (χ0n) is 12.4. The van der Waals surface area contributed by atoms with Crippen molar-refractivity contribution >= 4 is 22.5 Å². The van der Waals surface area contributed by atoms with Crippen LogP contribution in [-0.4, -0.2) is 17.4 Å². The molecule has 3 nitrogen and oxygen atoms in total. The van der Waals surface area contributed by atoms with Crippen LogP contribution in [0, 0.1) is 0 Å². The Labute approximate surface area is 129 Å². The summed E-state index contributed by atoms with van der Waals surface area (Å²) < 4.78 is 0. The molecule has 0 saturated carbocycles. The number of hydrogen-bond donors (Lipinski definition) is 1. The van der Waals surface area contributed by atoms with Crippen molar-refractivity contribution in [1.82, 2.24) is 4.98 Å². The van der Waals surface area contributed by atoms with E-state index in [0.717, 1.165) is 30.6 Å². The summed E-state index contributed by atoms with van der Waals surface area (Å²) in [6, 6.07) is 16.4. The van der Waals surface area contributed by atoms with Gasteiger partial charge in [0, 0.05) is 35.8 Å². The predicted molar refractivity (Wildman–Crippen MR) is 89.1 cm³/mol. The summed E-state index contributed by atoms with van der Waals surface area (Å²) >= 11 is 0. The standard InChI is InChI=1S/C19H18N2O/c22-19(21-12-11-14-5-1-4-8-18(14)21)10-9-15-13-20-17-7-3-2-6-16(15)17/h1-8,13,20H,9-12H2. The van der Waals surface area contributed by atoms with E-state index in [1.165, 1.54) is 16.5 Å². The van der Waals surface area contributed by atoms with Crippen LogP contribution in [0.25, 0.3) is 10.9 Å². The number of fused-ring (bicyclic) bond motifs is 2. The van der Waals surface area contributed by atoms with Gasteiger partial charge in [-0.2, -0.15) is 0 Å². The number of carbonyl (C=O) groups excluding carboxylic acids is 1. The van der Waals surface area contributed by atoms with E-state index in [2.05, 4.69) is 23.2 Å². The molecule has 0 atom stereocenters. The molecule has 0 fully saturated rings. The van der Waals surface area contributed by atoms with Crippen LogP contribution < -0.4 is 4.90 Å². The molecule has 1 aliphatic heterocycles. The van der Waals surface area contributed by atoms with Gasteiger partial charge in [-0.25, -0.2) is 0 Å². The average Bonchev–Trinajstić information content (AvgIpc) is 3.17. The molecule has 110 valence electrons. The molecule has 1 amide bonds. The SMILES string of the molecule is O=C(CCc1c[nH]c2ccccc12)N1CCc2ccccc21. The highest BCUT2D eigenvalue weighted by Crippen LogP contribution is 2.28. The van der Waals surface area contributed by atoms with Crippen LogP contribution in [-0.2, 0) is 17.6 Å². The van der Waals surface area contributed by atoms with Gasteiger partial charge in [0.05, 0.1) is 0 Å². The van der Waals surface area contributed by atoms with E-state index in [9.17, 15) is 4.79 Å². The van der Waals surface area contributed by atoms with Gasteiger partial charge >= 0.3 is 0 Å². The van der Waals surface area contributed by atoms with Crippen LogP contribution >= 0.6 is 0 Å². The third kappa shape index (κ3) is 2.19. The smallest absolute Gasteiger partial charge is 0.227 e. The third-order valence-corrected chi connectivity index (χ3v) is 4.47. The van der Waals surface area contributed by atoms with Crippen molar-refractivity contribution in [2.45, 2.75) is 19.3 Å². The van der Waals surface area contributed by atoms with Crippen LogP contribution in [0.2, 0.25) is 0 Å². The molecule has 2 heterocycles. The zero-order valence-corrected chi connectivity index (χ0v) is 12.4. The monoisotopic (exact) mass is 290 g/mol. The van der Waals surface area contributed by atoms with Crippen molar-refractivity contribution in [3.63, 3.8) is 0 Å². The van der Waals surface area contributed by atoms with Crippen LogP contribution in [0.15, 0.2) is 54.7 Å². The number of rotatable bonds is 3. The molecule has 22 heavy (non-hydrogen) atoms. The Morgan fingerprint density at radius 1 is 1.09 bits per heavy atom. The molecule has 0 bridgehead atoms. The first-order valence-corrected chi connectivity index (χ1v) is 7.76. The van der Waals surface area contributed by atoms with Gasteiger partial charge in [0.2, 0.25) is 5.91 Å². The van der Waals surface area contributed by atoms with Gasteiger partial charge in [0.15, 0.2) is 0 Å². The lowest BCUT2D eigenvalue weighted by Gasteiger charge is -2.17. The Morgan fingerprint density at radius 3 is 2.86 bits per heavy atom. The van der Waals surface area contributed by atoms with E-state index in [-0.39, 0.29) is 5.91 Å². The van der Waals surface area contributed by atoms with Crippen LogP contribution in [0.1, 0.15) is 17.5 Å². The fourth-order valence-corrected chi connectivity index (χ4v) is 3.31. The van der Waals surface area contributed by atoms with Crippen LogP contribution in [0.3, 0.4) is 0 Å². The molecule has 0 aliphatic carbocycles. The summed E-state index contributed by atoms with van der Waals surface area (Å²) in [7, 11) is 0. The highest BCUT2D eigenvalue weighted by molar-refractivity contribution is 5.96. The maximum Gasteiger partial charge on any atom is 0.227 e. The number of amides is 1. The maximum absolute atomic E-state index is 12.6. The van der Waals surface area contributed by atoms with E-state index in [4.69, 9.17) is 0 Å². The number of anilines is 1. The van der Waals surface area contributed by atoms with Gasteiger partial charge in [0.1, 0.15) is 0 Å². The first kappa shape index (κ1) is 13.1. The average molecular weight is 290 g/mol. The molecule has 2 aromatic carbocycles. The summed E-state index contributed by atoms with van der Waals surface area (Å²) in [4.78, 5) is 17.8. The van der Waals surface area contributed by atoms with Gasteiger partial charge in [-0.15, -0.1) is 0 Å². The number of aryl methyl sites for hydroxylation is 1. The number of nitrogens with one attached hydrogen (secondary N) is 1. The Kier molecular flexibility index (Phi) is 3.19. The second kappa shape index (κ2) is 5.34. The van der Waals surface area contributed by atoms with E-state index >= 15 is 0 Å². The van der Waals surface area contributed by atoms with Gasteiger partial charge in [-0.3, -0.25) is 4.79 Å². The van der Waals surface area contributed by atoms with E-state index in [0.29, 0.717) is 6.42 Å². The van der Waals surface area contributed by atoms with Gasteiger partial charge in [0.25, 0.3) is 0 Å². The molecule has 0 unspecified atom stereocenters. The lowest BCUT2D eigenvalue weighted by Crippen LogP contribution is -2.28. The Bertz CT molecular complexity index is 834. The van der Waals surface area contributed by atoms with Crippen molar-refractivity contribution < 1.29 is 4.79 Å². The summed E-state index contributed by atoms with van der Waals surface area (Å²) in [6.45, 7) is 0.812. The Morgan fingerprint density at radius 2 is 1.91 bits per heavy atom. The summed E-state index contributed by atoms with van der Waals surface area (Å²) in [5.74, 6) is 0.218. The normalized spacial score (nSPS) is 13.5. The molecule has 0 radical (unpaired) electrons. The van der Waals surface area contributed by atoms with E-state index in [1.807, 2.05) is 41.4 Å². The van der Waals surface area contributed by atoms with Gasteiger partial charge < -0.3 is 9.88 Å². The number of hydrogen-bond acceptors (Lipinski definition) is 1. The number of para-hydroxylation sites is 2. The minimum Gasteiger partial charge on any atom is -0.361 e. The first-order chi connectivity index (χ1) is 10.8. The summed E-state index contributed by atoms with van der Waals surface area (Å²) in [5.41, 5.74) is 4.72. The largest absolute Gasteiger partial charge is 0.361 e. The predicted octanol–water partition coefficient (Wildman–Crippen LogP) is 3.69. The molecule has 1 N–H and O–H groups in total. The van der Waals surface area contributed by atoms with Crippen molar-refractivity contribution in [3.05, 3.63) is 65.9 Å². The number of aromatic amines is 1. The number of H-pyrrole nitrogens is 1. The number of carbonyl (C=O) groups is 1. The van der Waals surface area contributed by atoms with Crippen LogP contribution in [0.5, 0.6) is 0 Å². The number of nitrogens with zero attached hydrogens (tertiary/aromatic N) is 1. The lowest BCUT2D eigenvalue weighted by atomic mass is 10.1. The summed E-state index contributed by atoms with van der Waals surface area (Å²) in [5, 5.41) is 1.22. The summed E-state index contributed by atoms with van der Waals surface area (Å²) in [6.07, 6.45) is 4.32. The molecule has 4 rings (SSSR count). The maximum atomic E-state index is 12.6. The fourth-order valence-electron chi connectivity index (χ4n) is 3.31. The van der Waals surface area contributed by atoms with E-state index in [1.54, 1.807) is 0 Å². The first-order valence-electron chi connectivity index (χ1n) is 7.76. The second-order valence-electron chi connectivity index (χ2n) is 5.78. The highest BCUT2D eigenvalue weighted by atomic mass is 16.2. The number of benzene rings is 2. The van der Waals surface area contributed by atoms with Crippen molar-refractivity contribution in [3.8, 4) is 0 Å². The lowest BCUT2D eigenvalue weighted by molar-refractivity contribution is -0.118.